The molecule has 8 heteroatoms. The molecule has 1 atom stereocenters. The first-order valence-electron chi connectivity index (χ1n) is 8.03. The molecule has 0 unspecified atom stereocenters. The number of aromatic nitrogens is 2. The summed E-state index contributed by atoms with van der Waals surface area (Å²) in [6.07, 6.45) is 1.83. The first kappa shape index (κ1) is 15.9. The van der Waals surface area contributed by atoms with Crippen molar-refractivity contribution in [2.45, 2.75) is 19.4 Å². The molecule has 0 radical (unpaired) electrons. The molecule has 0 spiro atoms. The summed E-state index contributed by atoms with van der Waals surface area (Å²) >= 11 is 0. The molecule has 2 aliphatic rings. The van der Waals surface area contributed by atoms with E-state index in [-0.39, 0.29) is 11.8 Å². The Bertz CT molecular complexity index is 634. The van der Waals surface area contributed by atoms with Crippen molar-refractivity contribution in [3.8, 4) is 0 Å². The summed E-state index contributed by atoms with van der Waals surface area (Å²) in [5.74, 6) is 0.174. The number of nitrogens with zero attached hydrogens (tertiary/aromatic N) is 2. The molecular weight excluding hydrogens is 300 g/mol. The number of amides is 1. The monoisotopic (exact) mass is 322 g/mol. The van der Waals surface area contributed by atoms with Gasteiger partial charge in [0.1, 0.15) is 0 Å². The van der Waals surface area contributed by atoms with Gasteiger partial charge in [-0.15, -0.1) is 0 Å². The van der Waals surface area contributed by atoms with Crippen molar-refractivity contribution in [3.05, 3.63) is 32.6 Å². The van der Waals surface area contributed by atoms with E-state index in [0.29, 0.717) is 45.1 Å². The third-order valence-electron chi connectivity index (χ3n) is 4.39. The van der Waals surface area contributed by atoms with Gasteiger partial charge in [-0.2, -0.15) is 0 Å². The number of H-pyrrole nitrogens is 2. The topological polar surface area (TPSA) is 98.5 Å². The van der Waals surface area contributed by atoms with Gasteiger partial charge in [-0.1, -0.05) is 0 Å². The normalized spacial score (nSPS) is 23.0. The molecule has 0 bridgehead atoms. The van der Waals surface area contributed by atoms with Crippen LogP contribution >= 0.6 is 0 Å². The minimum atomic E-state index is -0.495. The standard InChI is InChI=1S/C15H22N4O4/c20-13-8-12(16-15(22)17-13)10-18-3-1-2-11(9-18)14(21)19-4-6-23-7-5-19/h8,11H,1-7,9-10H2,(H2,16,17,20,22)/t11-/m0/s1. The number of aromatic amines is 2. The Morgan fingerprint density at radius 2 is 2.00 bits per heavy atom. The number of nitrogens with one attached hydrogen (secondary N) is 2. The lowest BCUT2D eigenvalue weighted by molar-refractivity contribution is -0.141. The van der Waals surface area contributed by atoms with Crippen LogP contribution in [0.5, 0.6) is 0 Å². The summed E-state index contributed by atoms with van der Waals surface area (Å²) < 4.78 is 5.29. The summed E-state index contributed by atoms with van der Waals surface area (Å²) in [5, 5.41) is 0. The number of carbonyl (C=O) groups excluding carboxylic acids is 1. The number of piperidine rings is 1. The first-order valence-corrected chi connectivity index (χ1v) is 8.03. The highest BCUT2D eigenvalue weighted by Crippen LogP contribution is 2.20. The van der Waals surface area contributed by atoms with Crippen molar-refractivity contribution in [3.63, 3.8) is 0 Å². The lowest BCUT2D eigenvalue weighted by Gasteiger charge is -2.36. The average Bonchev–Trinajstić information content (AvgIpc) is 2.54. The maximum absolute atomic E-state index is 12.6. The van der Waals surface area contributed by atoms with Crippen LogP contribution in [0.15, 0.2) is 15.7 Å². The van der Waals surface area contributed by atoms with Gasteiger partial charge in [0.25, 0.3) is 5.56 Å². The van der Waals surface area contributed by atoms with Crippen LogP contribution in [0, 0.1) is 5.92 Å². The fourth-order valence-electron chi connectivity index (χ4n) is 3.29. The Morgan fingerprint density at radius 3 is 2.74 bits per heavy atom. The van der Waals surface area contributed by atoms with Gasteiger partial charge in [-0.25, -0.2) is 4.79 Å². The molecular formula is C15H22N4O4. The molecule has 3 heterocycles. The molecule has 0 aromatic carbocycles. The molecule has 8 nitrogen and oxygen atoms in total. The zero-order valence-electron chi connectivity index (χ0n) is 13.0. The Balaban J connectivity index is 1.62. The van der Waals surface area contributed by atoms with Crippen LogP contribution in [-0.2, 0) is 16.1 Å². The van der Waals surface area contributed by atoms with E-state index in [0.717, 1.165) is 19.4 Å². The lowest BCUT2D eigenvalue weighted by atomic mass is 9.96. The predicted octanol–water partition coefficient (Wildman–Crippen LogP) is -0.866. The molecule has 2 saturated heterocycles. The predicted molar refractivity (Wildman–Crippen MR) is 83.1 cm³/mol. The van der Waals surface area contributed by atoms with Gasteiger partial charge in [-0.05, 0) is 19.4 Å². The molecule has 23 heavy (non-hydrogen) atoms. The number of morpholine rings is 1. The Kier molecular flexibility index (Phi) is 4.92. The maximum Gasteiger partial charge on any atom is 0.325 e. The number of carbonyl (C=O) groups is 1. The van der Waals surface area contributed by atoms with Crippen LogP contribution in [-0.4, -0.2) is 65.1 Å². The smallest absolute Gasteiger partial charge is 0.325 e. The summed E-state index contributed by atoms with van der Waals surface area (Å²) in [7, 11) is 0. The van der Waals surface area contributed by atoms with E-state index in [1.165, 1.54) is 6.07 Å². The van der Waals surface area contributed by atoms with Crippen molar-refractivity contribution >= 4 is 5.91 Å². The van der Waals surface area contributed by atoms with Gasteiger partial charge in [0.05, 0.1) is 19.1 Å². The SMILES string of the molecule is O=C([C@H]1CCCN(Cc2cc(=O)[nH]c(=O)[nH]2)C1)N1CCOCC1. The lowest BCUT2D eigenvalue weighted by Crippen LogP contribution is -2.48. The highest BCUT2D eigenvalue weighted by atomic mass is 16.5. The maximum atomic E-state index is 12.6. The van der Waals surface area contributed by atoms with Gasteiger partial charge in [-0.3, -0.25) is 19.5 Å². The van der Waals surface area contributed by atoms with E-state index in [9.17, 15) is 14.4 Å². The molecule has 0 saturated carbocycles. The third kappa shape index (κ3) is 4.08. The number of rotatable bonds is 3. The fraction of sp³-hybridized carbons (Fsp3) is 0.667. The molecule has 3 rings (SSSR count). The molecule has 2 N–H and O–H groups in total. The van der Waals surface area contributed by atoms with Gasteiger partial charge in [0.15, 0.2) is 0 Å². The number of ether oxygens (including phenoxy) is 1. The number of hydrogen-bond donors (Lipinski definition) is 2. The minimum Gasteiger partial charge on any atom is -0.378 e. The Labute approximate surface area is 133 Å². The highest BCUT2D eigenvalue weighted by Gasteiger charge is 2.30. The molecule has 2 aliphatic heterocycles. The van der Waals surface area contributed by atoms with E-state index in [1.807, 2.05) is 4.90 Å². The second-order valence-electron chi connectivity index (χ2n) is 6.12. The first-order chi connectivity index (χ1) is 11.1. The Hall–Kier alpha value is -1.93. The van der Waals surface area contributed by atoms with E-state index in [1.54, 1.807) is 0 Å². The van der Waals surface area contributed by atoms with E-state index in [4.69, 9.17) is 4.74 Å². The van der Waals surface area contributed by atoms with Gasteiger partial charge in [0, 0.05) is 37.9 Å². The third-order valence-corrected chi connectivity index (χ3v) is 4.39. The molecule has 126 valence electrons. The Morgan fingerprint density at radius 1 is 1.22 bits per heavy atom. The molecule has 2 fully saturated rings. The highest BCUT2D eigenvalue weighted by molar-refractivity contribution is 5.79. The fourth-order valence-corrected chi connectivity index (χ4v) is 3.29. The van der Waals surface area contributed by atoms with E-state index >= 15 is 0 Å². The van der Waals surface area contributed by atoms with E-state index in [2.05, 4.69) is 14.9 Å². The van der Waals surface area contributed by atoms with Gasteiger partial charge >= 0.3 is 5.69 Å². The summed E-state index contributed by atoms with van der Waals surface area (Å²) in [6, 6.07) is 1.40. The van der Waals surface area contributed by atoms with Gasteiger partial charge < -0.3 is 14.6 Å². The van der Waals surface area contributed by atoms with Crippen molar-refractivity contribution in [2.24, 2.45) is 5.92 Å². The van der Waals surface area contributed by atoms with Crippen molar-refractivity contribution in [1.82, 2.24) is 19.8 Å². The van der Waals surface area contributed by atoms with Crippen molar-refractivity contribution in [1.29, 1.82) is 0 Å². The second kappa shape index (κ2) is 7.10. The number of hydrogen-bond acceptors (Lipinski definition) is 5. The summed E-state index contributed by atoms with van der Waals surface area (Å²) in [5.41, 5.74) is -0.314. The quantitative estimate of drug-likeness (QED) is 0.754. The van der Waals surface area contributed by atoms with Crippen molar-refractivity contribution < 1.29 is 9.53 Å². The van der Waals surface area contributed by atoms with Crippen molar-refractivity contribution in [2.75, 3.05) is 39.4 Å². The zero-order chi connectivity index (χ0) is 16.2. The second-order valence-corrected chi connectivity index (χ2v) is 6.12. The minimum absolute atomic E-state index is 0.0180. The molecule has 1 aromatic heterocycles. The van der Waals surface area contributed by atoms with Crippen LogP contribution in [0.4, 0.5) is 0 Å². The van der Waals surface area contributed by atoms with Crippen LogP contribution < -0.4 is 11.2 Å². The summed E-state index contributed by atoms with van der Waals surface area (Å²) in [4.78, 5) is 44.1. The van der Waals surface area contributed by atoms with Crippen LogP contribution in [0.1, 0.15) is 18.5 Å². The largest absolute Gasteiger partial charge is 0.378 e. The van der Waals surface area contributed by atoms with Crippen LogP contribution in [0.2, 0.25) is 0 Å². The van der Waals surface area contributed by atoms with Gasteiger partial charge in [0.2, 0.25) is 5.91 Å². The molecule has 1 aromatic rings. The zero-order valence-corrected chi connectivity index (χ0v) is 13.0. The number of likely N-dealkylation sites (tertiary alicyclic amines) is 1. The summed E-state index contributed by atoms with van der Waals surface area (Å²) in [6.45, 7) is 4.54. The molecule has 0 aliphatic carbocycles. The van der Waals surface area contributed by atoms with Crippen LogP contribution in [0.25, 0.3) is 0 Å². The molecule has 1 amide bonds. The average molecular weight is 322 g/mol. The van der Waals surface area contributed by atoms with Crippen LogP contribution in [0.3, 0.4) is 0 Å². The van der Waals surface area contributed by atoms with E-state index < -0.39 is 11.2 Å².